The van der Waals surface area contributed by atoms with E-state index in [4.69, 9.17) is 9.16 Å². The lowest BCUT2D eigenvalue weighted by Gasteiger charge is -2.39. The Labute approximate surface area is 120 Å². The molecule has 1 aliphatic rings. The molecular weight excluding hydrogens is 252 g/mol. The minimum atomic E-state index is -1.70. The normalized spacial score (nSPS) is 27.8. The largest absolute Gasteiger partial charge is 0.411 e. The van der Waals surface area contributed by atoms with Crippen LogP contribution in [-0.2, 0) is 9.16 Å². The Morgan fingerprint density at radius 1 is 1.42 bits per heavy atom. The highest BCUT2D eigenvalue weighted by Crippen LogP contribution is 2.42. The van der Waals surface area contributed by atoms with Gasteiger partial charge in [0, 0.05) is 12.5 Å². The van der Waals surface area contributed by atoms with Crippen molar-refractivity contribution in [3.8, 4) is 0 Å². The zero-order valence-corrected chi connectivity index (χ0v) is 14.5. The molecule has 1 aliphatic carbocycles. The van der Waals surface area contributed by atoms with Crippen molar-refractivity contribution < 1.29 is 9.16 Å². The smallest absolute Gasteiger partial charge is 0.192 e. The van der Waals surface area contributed by atoms with Crippen LogP contribution in [0.1, 0.15) is 33.6 Å². The average Bonchev–Trinajstić information content (AvgIpc) is 2.60. The minimum Gasteiger partial charge on any atom is -0.411 e. The van der Waals surface area contributed by atoms with Crippen LogP contribution in [-0.4, -0.2) is 28.1 Å². The Hall–Kier alpha value is -0.383. The molecule has 0 saturated carbocycles. The fourth-order valence-corrected chi connectivity index (χ4v) is 3.65. The van der Waals surface area contributed by atoms with Crippen LogP contribution in [0.15, 0.2) is 24.8 Å². The molecule has 0 radical (unpaired) electrons. The predicted octanol–water partition coefficient (Wildman–Crippen LogP) is 4.55. The van der Waals surface area contributed by atoms with E-state index >= 15 is 0 Å². The third-order valence-corrected chi connectivity index (χ3v) is 9.01. The second-order valence-electron chi connectivity index (χ2n) is 7.27. The van der Waals surface area contributed by atoms with Crippen molar-refractivity contribution in [2.45, 2.75) is 57.8 Å². The molecule has 0 bridgehead atoms. The summed E-state index contributed by atoms with van der Waals surface area (Å²) in [6.45, 7) is 16.1. The predicted molar refractivity (Wildman–Crippen MR) is 85.0 cm³/mol. The van der Waals surface area contributed by atoms with Crippen molar-refractivity contribution in [2.75, 3.05) is 13.7 Å². The van der Waals surface area contributed by atoms with Crippen LogP contribution >= 0.6 is 0 Å². The fraction of sp³-hybridized carbons (Fsp3) is 0.750. The number of hydrogen-bond donors (Lipinski definition) is 0. The van der Waals surface area contributed by atoms with Gasteiger partial charge in [-0.3, -0.25) is 0 Å². The first-order valence-corrected chi connectivity index (χ1v) is 10.0. The molecule has 0 aromatic rings. The van der Waals surface area contributed by atoms with Crippen LogP contribution in [0.4, 0.5) is 0 Å². The summed E-state index contributed by atoms with van der Waals surface area (Å²) < 4.78 is 11.9. The second-order valence-corrected chi connectivity index (χ2v) is 12.0. The molecule has 0 saturated heterocycles. The van der Waals surface area contributed by atoms with Gasteiger partial charge in [-0.25, -0.2) is 0 Å². The Bertz CT molecular complexity index is 341. The first-order chi connectivity index (χ1) is 8.66. The highest BCUT2D eigenvalue weighted by Gasteiger charge is 2.42. The van der Waals surface area contributed by atoms with Gasteiger partial charge in [-0.05, 0) is 31.0 Å². The molecule has 0 spiro atoms. The van der Waals surface area contributed by atoms with Gasteiger partial charge in [0.1, 0.15) is 0 Å². The zero-order valence-electron chi connectivity index (χ0n) is 13.5. The van der Waals surface area contributed by atoms with E-state index in [0.29, 0.717) is 0 Å². The van der Waals surface area contributed by atoms with Crippen LogP contribution in [0.5, 0.6) is 0 Å². The lowest BCUT2D eigenvalue weighted by atomic mass is 9.84. The van der Waals surface area contributed by atoms with E-state index in [9.17, 15) is 0 Å². The van der Waals surface area contributed by atoms with E-state index in [0.717, 1.165) is 19.4 Å². The van der Waals surface area contributed by atoms with E-state index in [1.54, 1.807) is 7.11 Å². The van der Waals surface area contributed by atoms with E-state index in [2.05, 4.69) is 52.6 Å². The molecule has 110 valence electrons. The maximum Gasteiger partial charge on any atom is 0.192 e. The molecule has 2 unspecified atom stereocenters. The number of allylic oxidation sites excluding steroid dienone is 1. The molecule has 2 atom stereocenters. The molecular formula is C16H30O2Si. The van der Waals surface area contributed by atoms with Crippen molar-refractivity contribution in [3.05, 3.63) is 24.8 Å². The minimum absolute atomic E-state index is 0.0868. The molecule has 1 rings (SSSR count). The van der Waals surface area contributed by atoms with Crippen LogP contribution in [0.25, 0.3) is 0 Å². The highest BCUT2D eigenvalue weighted by molar-refractivity contribution is 6.74. The first-order valence-electron chi connectivity index (χ1n) is 7.13. The van der Waals surface area contributed by atoms with E-state index in [1.165, 1.54) is 0 Å². The van der Waals surface area contributed by atoms with E-state index in [1.807, 2.05) is 6.08 Å². The van der Waals surface area contributed by atoms with E-state index in [-0.39, 0.29) is 16.6 Å². The van der Waals surface area contributed by atoms with E-state index < -0.39 is 8.32 Å². The lowest BCUT2D eigenvalue weighted by Crippen LogP contribution is -2.43. The molecule has 0 fully saturated rings. The van der Waals surface area contributed by atoms with Gasteiger partial charge in [0.2, 0.25) is 0 Å². The van der Waals surface area contributed by atoms with Crippen molar-refractivity contribution in [1.82, 2.24) is 0 Å². The van der Waals surface area contributed by atoms with Gasteiger partial charge in [-0.15, -0.1) is 6.58 Å². The van der Waals surface area contributed by atoms with Crippen LogP contribution in [0.3, 0.4) is 0 Å². The zero-order chi connectivity index (χ0) is 14.7. The van der Waals surface area contributed by atoms with Crippen LogP contribution in [0, 0.1) is 5.41 Å². The summed E-state index contributed by atoms with van der Waals surface area (Å²) in [7, 11) is 0.0683. The molecule has 0 aromatic carbocycles. The lowest BCUT2D eigenvalue weighted by molar-refractivity contribution is 0.0891. The van der Waals surface area contributed by atoms with Crippen molar-refractivity contribution in [1.29, 1.82) is 0 Å². The first kappa shape index (κ1) is 16.7. The summed E-state index contributed by atoms with van der Waals surface area (Å²) in [6, 6.07) is 0. The maximum absolute atomic E-state index is 6.47. The third kappa shape index (κ3) is 4.04. The average molecular weight is 282 g/mol. The Morgan fingerprint density at radius 2 is 2.05 bits per heavy atom. The maximum atomic E-state index is 6.47. The topological polar surface area (TPSA) is 18.5 Å². The van der Waals surface area contributed by atoms with Crippen molar-refractivity contribution in [3.63, 3.8) is 0 Å². The Kier molecular flexibility index (Phi) is 5.21. The monoisotopic (exact) mass is 282 g/mol. The Balaban J connectivity index is 2.71. The quantitative estimate of drug-likeness (QED) is 0.526. The molecule has 0 amide bonds. The van der Waals surface area contributed by atoms with Gasteiger partial charge in [-0.1, -0.05) is 39.0 Å². The fourth-order valence-electron chi connectivity index (χ4n) is 2.38. The Morgan fingerprint density at radius 3 is 2.53 bits per heavy atom. The molecule has 0 heterocycles. The molecule has 2 nitrogen and oxygen atoms in total. The van der Waals surface area contributed by atoms with Gasteiger partial charge < -0.3 is 9.16 Å². The van der Waals surface area contributed by atoms with Gasteiger partial charge >= 0.3 is 0 Å². The summed E-state index contributed by atoms with van der Waals surface area (Å²) in [5, 5.41) is 0.256. The SMILES string of the molecule is C=CCC1(COC)C=CC(O[Si](C)(C)C(C)(C)C)C1. The van der Waals surface area contributed by atoms with Crippen molar-refractivity contribution >= 4 is 8.32 Å². The summed E-state index contributed by atoms with van der Waals surface area (Å²) in [5.74, 6) is 0. The number of methoxy groups -OCH3 is 1. The molecule has 19 heavy (non-hydrogen) atoms. The molecule has 0 N–H and O–H groups in total. The van der Waals surface area contributed by atoms with Gasteiger partial charge in [0.25, 0.3) is 0 Å². The van der Waals surface area contributed by atoms with Gasteiger partial charge in [0.15, 0.2) is 8.32 Å². The second kappa shape index (κ2) is 5.94. The summed E-state index contributed by atoms with van der Waals surface area (Å²) in [4.78, 5) is 0. The van der Waals surface area contributed by atoms with Crippen LogP contribution < -0.4 is 0 Å². The molecule has 0 aromatic heterocycles. The van der Waals surface area contributed by atoms with Crippen LogP contribution in [0.2, 0.25) is 18.1 Å². The molecule has 0 aliphatic heterocycles. The summed E-state index contributed by atoms with van der Waals surface area (Å²) >= 11 is 0. The molecule has 3 heteroatoms. The summed E-state index contributed by atoms with van der Waals surface area (Å²) in [6.07, 6.45) is 8.68. The van der Waals surface area contributed by atoms with Crippen molar-refractivity contribution in [2.24, 2.45) is 5.41 Å². The number of ether oxygens (including phenoxy) is 1. The van der Waals surface area contributed by atoms with Gasteiger partial charge in [0.05, 0.1) is 12.7 Å². The third-order valence-electron chi connectivity index (χ3n) is 4.51. The summed E-state index contributed by atoms with van der Waals surface area (Å²) in [5.41, 5.74) is 0.0868. The standard InChI is InChI=1S/C16H30O2Si/c1-8-10-16(13-17-5)11-9-14(12-16)18-19(6,7)15(2,3)4/h8-9,11,14H,1,10,12-13H2,2-7H3. The van der Waals surface area contributed by atoms with Gasteiger partial charge in [-0.2, -0.15) is 0 Å². The highest BCUT2D eigenvalue weighted by atomic mass is 28.4. The number of hydrogen-bond acceptors (Lipinski definition) is 2. The number of rotatable bonds is 6.